The van der Waals surface area contributed by atoms with E-state index in [4.69, 9.17) is 13.9 Å². The molecule has 1 saturated heterocycles. The highest BCUT2D eigenvalue weighted by atomic mass is 16.5. The Kier molecular flexibility index (Phi) is 4.76. The number of hydrogen-bond acceptors (Lipinski definition) is 7. The lowest BCUT2D eigenvalue weighted by molar-refractivity contribution is -0.596. The number of nitrogens with zero attached hydrogens (tertiary/aromatic N) is 4. The number of oxazole rings is 1. The van der Waals surface area contributed by atoms with Gasteiger partial charge in [0, 0.05) is 42.7 Å². The minimum Gasteiger partial charge on any atom is -0.461 e. The Bertz CT molecular complexity index is 1220. The van der Waals surface area contributed by atoms with Crippen LogP contribution < -0.4 is 9.47 Å². The van der Waals surface area contributed by atoms with Gasteiger partial charge in [0.1, 0.15) is 5.52 Å². The number of aromatic nitrogens is 3. The van der Waals surface area contributed by atoms with Crippen LogP contribution in [-0.4, -0.2) is 48.8 Å². The van der Waals surface area contributed by atoms with E-state index in [-0.39, 0.29) is 12.3 Å². The Morgan fingerprint density at radius 3 is 2.67 bits per heavy atom. The lowest BCUT2D eigenvalue weighted by atomic mass is 10.1. The van der Waals surface area contributed by atoms with E-state index >= 15 is 0 Å². The van der Waals surface area contributed by atoms with Crippen LogP contribution in [0.2, 0.25) is 0 Å². The Morgan fingerprint density at radius 1 is 1.10 bits per heavy atom. The van der Waals surface area contributed by atoms with Crippen LogP contribution in [0.15, 0.2) is 53.2 Å². The van der Waals surface area contributed by atoms with Crippen LogP contribution in [0.1, 0.15) is 17.4 Å². The van der Waals surface area contributed by atoms with Gasteiger partial charge in [-0.25, -0.2) is 9.78 Å². The molecule has 4 heterocycles. The summed E-state index contributed by atoms with van der Waals surface area (Å²) >= 11 is 0. The highest BCUT2D eigenvalue weighted by molar-refractivity contribution is 5.98. The van der Waals surface area contributed by atoms with Crippen molar-refractivity contribution in [3.05, 3.63) is 54.5 Å². The average molecular weight is 405 g/mol. The Morgan fingerprint density at radius 2 is 1.90 bits per heavy atom. The molecule has 0 amide bonds. The minimum atomic E-state index is -0.461. The quantitative estimate of drug-likeness (QED) is 0.381. The fraction of sp³-hybridized carbons (Fsp3) is 0.273. The SMILES string of the molecule is CCOC(=O)c1nc2cc3oc(N4CCOCC4)nc3cc2cc1-[n+]1ccccc1. The number of pyridine rings is 2. The van der Waals surface area contributed by atoms with Crippen LogP contribution in [-0.2, 0) is 9.47 Å². The first-order valence-corrected chi connectivity index (χ1v) is 9.95. The lowest BCUT2D eigenvalue weighted by Gasteiger charge is -2.24. The largest absolute Gasteiger partial charge is 0.461 e. The van der Waals surface area contributed by atoms with Crippen molar-refractivity contribution in [1.29, 1.82) is 0 Å². The number of benzene rings is 1. The van der Waals surface area contributed by atoms with Crippen molar-refractivity contribution in [1.82, 2.24) is 9.97 Å². The molecular formula is C22H21N4O4+. The van der Waals surface area contributed by atoms with Gasteiger partial charge in [-0.1, -0.05) is 6.07 Å². The summed E-state index contributed by atoms with van der Waals surface area (Å²) in [5, 5.41) is 0.865. The zero-order valence-corrected chi connectivity index (χ0v) is 16.6. The van der Waals surface area contributed by atoms with Crippen molar-refractivity contribution >= 4 is 34.0 Å². The van der Waals surface area contributed by atoms with Crippen LogP contribution in [0.5, 0.6) is 0 Å². The molecule has 1 aliphatic heterocycles. The van der Waals surface area contributed by atoms with Crippen LogP contribution in [0.3, 0.4) is 0 Å². The summed E-state index contributed by atoms with van der Waals surface area (Å²) in [7, 11) is 0. The average Bonchev–Trinajstić information content (AvgIpc) is 3.21. The maximum atomic E-state index is 12.6. The number of esters is 1. The van der Waals surface area contributed by atoms with Crippen LogP contribution in [0.25, 0.3) is 27.7 Å². The van der Waals surface area contributed by atoms with E-state index in [9.17, 15) is 4.79 Å². The van der Waals surface area contributed by atoms with Crippen molar-refractivity contribution < 1.29 is 23.3 Å². The molecule has 1 aliphatic rings. The molecule has 5 rings (SSSR count). The van der Waals surface area contributed by atoms with Crippen molar-refractivity contribution in [2.45, 2.75) is 6.92 Å². The van der Waals surface area contributed by atoms with Crippen molar-refractivity contribution in [2.75, 3.05) is 37.8 Å². The van der Waals surface area contributed by atoms with E-state index in [1.807, 2.05) is 53.4 Å². The fourth-order valence-corrected chi connectivity index (χ4v) is 3.57. The van der Waals surface area contributed by atoms with Crippen LogP contribution >= 0.6 is 0 Å². The first kappa shape index (κ1) is 18.5. The predicted molar refractivity (Wildman–Crippen MR) is 110 cm³/mol. The van der Waals surface area contributed by atoms with E-state index < -0.39 is 5.97 Å². The molecular weight excluding hydrogens is 384 g/mol. The van der Waals surface area contributed by atoms with Crippen LogP contribution in [0.4, 0.5) is 6.01 Å². The van der Waals surface area contributed by atoms with Gasteiger partial charge in [-0.3, -0.25) is 0 Å². The van der Waals surface area contributed by atoms with Gasteiger partial charge in [0.05, 0.1) is 25.3 Å². The molecule has 8 nitrogen and oxygen atoms in total. The molecule has 4 aromatic rings. The second-order valence-electron chi connectivity index (χ2n) is 6.97. The van der Waals surface area contributed by atoms with Gasteiger partial charge in [0.2, 0.25) is 11.4 Å². The van der Waals surface area contributed by atoms with Crippen LogP contribution in [0, 0.1) is 0 Å². The molecule has 1 fully saturated rings. The second kappa shape index (κ2) is 7.72. The third-order valence-corrected chi connectivity index (χ3v) is 5.04. The Labute approximate surface area is 172 Å². The summed E-state index contributed by atoms with van der Waals surface area (Å²) in [6, 6.07) is 12.0. The predicted octanol–water partition coefficient (Wildman–Crippen LogP) is 2.67. The van der Waals surface area contributed by atoms with Gasteiger partial charge < -0.3 is 18.8 Å². The normalized spacial score (nSPS) is 14.4. The van der Waals surface area contributed by atoms with Gasteiger partial charge in [-0.05, 0) is 13.0 Å². The van der Waals surface area contributed by atoms with Gasteiger partial charge in [0.15, 0.2) is 18.0 Å². The molecule has 0 spiro atoms. The number of morpholine rings is 1. The summed E-state index contributed by atoms with van der Waals surface area (Å²) < 4.78 is 18.5. The molecule has 0 unspecified atom stereocenters. The highest BCUT2D eigenvalue weighted by Crippen LogP contribution is 2.28. The number of rotatable bonds is 4. The molecule has 0 saturated carbocycles. The summed E-state index contributed by atoms with van der Waals surface area (Å²) in [5.41, 5.74) is 2.94. The number of anilines is 1. The first-order chi connectivity index (χ1) is 14.7. The molecule has 0 N–H and O–H groups in total. The maximum absolute atomic E-state index is 12.6. The smallest absolute Gasteiger partial charge is 0.363 e. The Balaban J connectivity index is 1.66. The van der Waals surface area contributed by atoms with Gasteiger partial charge in [-0.2, -0.15) is 9.55 Å². The number of fused-ring (bicyclic) bond motifs is 2. The molecule has 152 valence electrons. The third kappa shape index (κ3) is 3.35. The maximum Gasteiger partial charge on any atom is 0.363 e. The molecule has 0 aliphatic carbocycles. The molecule has 0 radical (unpaired) electrons. The number of carbonyl (C=O) groups excluding carboxylic acids is 1. The summed E-state index contributed by atoms with van der Waals surface area (Å²) in [6.45, 7) is 4.85. The molecule has 1 aromatic carbocycles. The fourth-order valence-electron chi connectivity index (χ4n) is 3.57. The standard InChI is InChI=1S/C22H21N4O4/c1-2-29-21(27)20-18(25-6-4-3-5-7-25)13-15-12-17-19(14-16(15)23-20)30-22(24-17)26-8-10-28-11-9-26/h3-7,12-14H,2,8-11H2,1H3/q+1. The van der Waals surface area contributed by atoms with Crippen molar-refractivity contribution in [3.8, 4) is 5.69 Å². The third-order valence-electron chi connectivity index (χ3n) is 5.04. The molecule has 3 aromatic heterocycles. The summed E-state index contributed by atoms with van der Waals surface area (Å²) in [5.74, 6) is -0.461. The number of hydrogen-bond donors (Lipinski definition) is 0. The van der Waals surface area contributed by atoms with Gasteiger partial charge >= 0.3 is 5.97 Å². The molecule has 0 bridgehead atoms. The van der Waals surface area contributed by atoms with E-state index in [0.717, 1.165) is 24.0 Å². The van der Waals surface area contributed by atoms with Gasteiger partial charge in [0.25, 0.3) is 6.01 Å². The van der Waals surface area contributed by atoms with Gasteiger partial charge in [-0.15, -0.1) is 0 Å². The second-order valence-corrected chi connectivity index (χ2v) is 6.97. The number of ether oxygens (including phenoxy) is 2. The van der Waals surface area contributed by atoms with E-state index in [1.54, 1.807) is 6.92 Å². The van der Waals surface area contributed by atoms with E-state index in [1.165, 1.54) is 0 Å². The summed E-state index contributed by atoms with van der Waals surface area (Å²) in [4.78, 5) is 23.9. The van der Waals surface area contributed by atoms with Crippen molar-refractivity contribution in [2.24, 2.45) is 0 Å². The first-order valence-electron chi connectivity index (χ1n) is 9.95. The number of carbonyl (C=O) groups is 1. The monoisotopic (exact) mass is 405 g/mol. The molecule has 30 heavy (non-hydrogen) atoms. The van der Waals surface area contributed by atoms with E-state index in [0.29, 0.717) is 36.0 Å². The van der Waals surface area contributed by atoms with Crippen molar-refractivity contribution in [3.63, 3.8) is 0 Å². The summed E-state index contributed by atoms with van der Waals surface area (Å²) in [6.07, 6.45) is 3.74. The highest BCUT2D eigenvalue weighted by Gasteiger charge is 2.24. The zero-order chi connectivity index (χ0) is 20.5. The molecule has 8 heteroatoms. The van der Waals surface area contributed by atoms with E-state index in [2.05, 4.69) is 14.9 Å². The minimum absolute atomic E-state index is 0.257. The molecule has 0 atom stereocenters. The topological polar surface area (TPSA) is 81.6 Å². The Hall–Kier alpha value is -3.52. The lowest BCUT2D eigenvalue weighted by Crippen LogP contribution is -2.36. The zero-order valence-electron chi connectivity index (χ0n) is 16.6.